The summed E-state index contributed by atoms with van der Waals surface area (Å²) >= 11 is 0. The fourth-order valence-electron chi connectivity index (χ4n) is 2.62. The lowest BCUT2D eigenvalue weighted by Gasteiger charge is -2.22. The number of likely N-dealkylation sites (N-methyl/N-ethyl adjacent to an activating group) is 1. The van der Waals surface area contributed by atoms with Crippen LogP contribution in [0.4, 0.5) is 11.4 Å². The van der Waals surface area contributed by atoms with Crippen molar-refractivity contribution in [3.05, 3.63) is 63.7 Å². The number of carbonyl (C=O) groups excluding carboxylic acids is 1. The van der Waals surface area contributed by atoms with Crippen molar-refractivity contribution in [2.75, 3.05) is 19.5 Å². The number of methoxy groups -OCH3 is 1. The first-order valence-corrected chi connectivity index (χ1v) is 8.33. The second kappa shape index (κ2) is 8.44. The van der Waals surface area contributed by atoms with Crippen LogP contribution in [0.5, 0.6) is 5.75 Å². The number of quaternary nitrogens is 1. The van der Waals surface area contributed by atoms with Gasteiger partial charge < -0.3 is 15.0 Å². The van der Waals surface area contributed by atoms with Gasteiger partial charge >= 0.3 is 0 Å². The lowest BCUT2D eigenvalue weighted by Crippen LogP contribution is -3.12. The van der Waals surface area contributed by atoms with Crippen LogP contribution >= 0.6 is 0 Å². The highest BCUT2D eigenvalue weighted by Gasteiger charge is 2.24. The number of benzene rings is 2. The van der Waals surface area contributed by atoms with E-state index in [9.17, 15) is 14.9 Å². The van der Waals surface area contributed by atoms with Gasteiger partial charge in [-0.25, -0.2) is 0 Å². The third-order valence-corrected chi connectivity index (χ3v) is 4.52. The van der Waals surface area contributed by atoms with E-state index in [1.54, 1.807) is 0 Å². The average molecular weight is 358 g/mol. The van der Waals surface area contributed by atoms with E-state index in [2.05, 4.69) is 24.4 Å². The van der Waals surface area contributed by atoms with Crippen molar-refractivity contribution in [3.63, 3.8) is 0 Å². The Bertz CT molecular complexity index is 807. The van der Waals surface area contributed by atoms with Crippen LogP contribution in [0.1, 0.15) is 18.1 Å². The highest BCUT2D eigenvalue weighted by atomic mass is 16.6. The van der Waals surface area contributed by atoms with E-state index in [4.69, 9.17) is 4.74 Å². The number of aryl methyl sites for hydroxylation is 1. The summed E-state index contributed by atoms with van der Waals surface area (Å²) in [6.45, 7) is 4.62. The molecule has 2 rings (SSSR count). The minimum absolute atomic E-state index is 0.0878. The van der Waals surface area contributed by atoms with Crippen LogP contribution in [0.15, 0.2) is 42.5 Å². The Labute approximate surface area is 152 Å². The molecule has 0 aliphatic carbocycles. The Balaban J connectivity index is 2.09. The van der Waals surface area contributed by atoms with E-state index in [1.165, 1.54) is 36.4 Å². The lowest BCUT2D eigenvalue weighted by atomic mass is 10.1. The molecule has 0 saturated carbocycles. The van der Waals surface area contributed by atoms with E-state index < -0.39 is 4.92 Å². The maximum absolute atomic E-state index is 12.6. The number of anilines is 1. The summed E-state index contributed by atoms with van der Waals surface area (Å²) < 4.78 is 5.16. The van der Waals surface area contributed by atoms with Crippen LogP contribution in [0, 0.1) is 17.0 Å². The van der Waals surface area contributed by atoms with Gasteiger partial charge in [0.2, 0.25) is 0 Å². The summed E-state index contributed by atoms with van der Waals surface area (Å²) in [6.07, 6.45) is 0. The smallest absolute Gasteiger partial charge is 0.282 e. The fraction of sp³-hybridized carbons (Fsp3) is 0.316. The maximum Gasteiger partial charge on any atom is 0.282 e. The molecule has 0 aromatic heterocycles. The molecule has 0 heterocycles. The van der Waals surface area contributed by atoms with Gasteiger partial charge in [-0.2, -0.15) is 0 Å². The van der Waals surface area contributed by atoms with E-state index in [1.807, 2.05) is 26.1 Å². The van der Waals surface area contributed by atoms with Crippen LogP contribution in [0.2, 0.25) is 0 Å². The minimum atomic E-state index is -0.503. The number of non-ortho nitro benzene ring substituents is 1. The average Bonchev–Trinajstić information content (AvgIpc) is 2.62. The summed E-state index contributed by atoms with van der Waals surface area (Å²) in [5.74, 6) is 0.0829. The van der Waals surface area contributed by atoms with Crippen LogP contribution in [0.3, 0.4) is 0 Å². The Morgan fingerprint density at radius 1 is 1.31 bits per heavy atom. The number of hydrogen-bond donors (Lipinski definition) is 2. The molecule has 1 amide bonds. The number of nitro benzene ring substituents is 1. The van der Waals surface area contributed by atoms with E-state index in [0.717, 1.165) is 11.4 Å². The molecular weight excluding hydrogens is 334 g/mol. The standard InChI is InChI=1S/C19H23N3O4/c1-13-7-5-6-8-15(13)12-21(3)14(2)19(23)20-17-10-9-16(22(24)25)11-18(17)26-4/h5-11,14H,12H2,1-4H3,(H,20,23)/p+1/t14-/m1/s1. The van der Waals surface area contributed by atoms with Crippen LogP contribution in [0.25, 0.3) is 0 Å². The molecule has 7 nitrogen and oxygen atoms in total. The summed E-state index contributed by atoms with van der Waals surface area (Å²) in [6, 6.07) is 11.9. The number of nitro groups is 1. The van der Waals surface area contributed by atoms with Gasteiger partial charge in [0, 0.05) is 11.6 Å². The van der Waals surface area contributed by atoms with Crippen LogP contribution in [-0.2, 0) is 11.3 Å². The van der Waals surface area contributed by atoms with Gasteiger partial charge in [0.05, 0.1) is 30.8 Å². The number of rotatable bonds is 7. The van der Waals surface area contributed by atoms with Gasteiger partial charge in [-0.1, -0.05) is 24.3 Å². The predicted molar refractivity (Wildman–Crippen MR) is 99.5 cm³/mol. The van der Waals surface area contributed by atoms with Gasteiger partial charge in [-0.3, -0.25) is 14.9 Å². The number of hydrogen-bond acceptors (Lipinski definition) is 4. The fourth-order valence-corrected chi connectivity index (χ4v) is 2.62. The highest BCUT2D eigenvalue weighted by Crippen LogP contribution is 2.28. The summed E-state index contributed by atoms with van der Waals surface area (Å²) in [5.41, 5.74) is 2.71. The summed E-state index contributed by atoms with van der Waals surface area (Å²) in [7, 11) is 3.37. The molecule has 0 spiro atoms. The summed E-state index contributed by atoms with van der Waals surface area (Å²) in [4.78, 5) is 24.0. The summed E-state index contributed by atoms with van der Waals surface area (Å²) in [5, 5.41) is 13.7. The minimum Gasteiger partial charge on any atom is -0.494 e. The normalized spacial score (nSPS) is 12.9. The van der Waals surface area contributed by atoms with Crippen molar-refractivity contribution >= 4 is 17.3 Å². The van der Waals surface area contributed by atoms with Crippen LogP contribution < -0.4 is 15.0 Å². The van der Waals surface area contributed by atoms with Gasteiger partial charge in [-0.05, 0) is 25.5 Å². The molecule has 2 N–H and O–H groups in total. The molecule has 1 unspecified atom stereocenters. The third kappa shape index (κ3) is 4.58. The van der Waals surface area contributed by atoms with E-state index in [-0.39, 0.29) is 23.4 Å². The van der Waals surface area contributed by atoms with Gasteiger partial charge in [0.15, 0.2) is 6.04 Å². The molecule has 0 aliphatic rings. The van der Waals surface area contributed by atoms with Crippen molar-refractivity contribution in [1.82, 2.24) is 0 Å². The molecule has 2 aromatic rings. The number of nitrogens with one attached hydrogen (secondary N) is 2. The molecule has 26 heavy (non-hydrogen) atoms. The predicted octanol–water partition coefficient (Wildman–Crippen LogP) is 1.95. The van der Waals surface area contributed by atoms with Gasteiger partial charge in [-0.15, -0.1) is 0 Å². The first-order chi connectivity index (χ1) is 12.3. The SMILES string of the molecule is COc1cc([N+](=O)[O-])ccc1NC(=O)[C@@H](C)[NH+](C)Cc1ccccc1C. The molecule has 7 heteroatoms. The second-order valence-corrected chi connectivity index (χ2v) is 6.30. The third-order valence-electron chi connectivity index (χ3n) is 4.52. The lowest BCUT2D eigenvalue weighted by molar-refractivity contribution is -0.907. The Kier molecular flexibility index (Phi) is 6.30. The van der Waals surface area contributed by atoms with Gasteiger partial charge in [0.25, 0.3) is 11.6 Å². The van der Waals surface area contributed by atoms with Crippen molar-refractivity contribution in [1.29, 1.82) is 0 Å². The molecule has 0 bridgehead atoms. The first-order valence-electron chi connectivity index (χ1n) is 8.33. The monoisotopic (exact) mass is 358 g/mol. The molecule has 0 radical (unpaired) electrons. The Morgan fingerprint density at radius 3 is 2.62 bits per heavy atom. The van der Waals surface area contributed by atoms with Crippen LogP contribution in [-0.4, -0.2) is 31.0 Å². The van der Waals surface area contributed by atoms with Crippen molar-refractivity contribution in [2.24, 2.45) is 0 Å². The zero-order valence-corrected chi connectivity index (χ0v) is 15.4. The number of amides is 1. The second-order valence-electron chi connectivity index (χ2n) is 6.30. The highest BCUT2D eigenvalue weighted by molar-refractivity contribution is 5.95. The molecule has 2 aromatic carbocycles. The molecule has 138 valence electrons. The molecule has 2 atom stereocenters. The first kappa shape index (κ1) is 19.4. The van der Waals surface area contributed by atoms with Gasteiger partial charge in [0.1, 0.15) is 12.3 Å². The Hall–Kier alpha value is -2.93. The number of carbonyl (C=O) groups is 1. The van der Waals surface area contributed by atoms with E-state index in [0.29, 0.717) is 5.69 Å². The molecule has 0 fully saturated rings. The number of nitrogens with zero attached hydrogens (tertiary/aromatic N) is 1. The molecule has 0 aliphatic heterocycles. The molecular formula is C19H24N3O4+. The quantitative estimate of drug-likeness (QED) is 0.585. The Morgan fingerprint density at radius 2 is 2.00 bits per heavy atom. The van der Waals surface area contributed by atoms with E-state index >= 15 is 0 Å². The van der Waals surface area contributed by atoms with Crippen molar-refractivity contribution in [3.8, 4) is 5.75 Å². The maximum atomic E-state index is 12.6. The van der Waals surface area contributed by atoms with Crippen molar-refractivity contribution < 1.29 is 19.4 Å². The topological polar surface area (TPSA) is 85.9 Å². The van der Waals surface area contributed by atoms with Crippen molar-refractivity contribution in [2.45, 2.75) is 26.4 Å². The molecule has 0 saturated heterocycles. The zero-order valence-electron chi connectivity index (χ0n) is 15.4. The zero-order chi connectivity index (χ0) is 19.3. The number of ether oxygens (including phenoxy) is 1. The largest absolute Gasteiger partial charge is 0.494 e.